The van der Waals surface area contributed by atoms with E-state index in [9.17, 15) is 14.7 Å². The Bertz CT molecular complexity index is 502. The quantitative estimate of drug-likeness (QED) is 0.742. The molecule has 2 N–H and O–H groups in total. The number of benzene rings is 1. The van der Waals surface area contributed by atoms with Crippen molar-refractivity contribution in [2.24, 2.45) is 0 Å². The van der Waals surface area contributed by atoms with Crippen LogP contribution in [0.2, 0.25) is 0 Å². The van der Waals surface area contributed by atoms with Crippen molar-refractivity contribution >= 4 is 11.9 Å². The lowest BCUT2D eigenvalue weighted by atomic mass is 10.1. The monoisotopic (exact) mass is 279 g/mol. The topological polar surface area (TPSA) is 87.1 Å². The van der Waals surface area contributed by atoms with Crippen LogP contribution in [-0.2, 0) is 9.63 Å². The normalized spacial score (nSPS) is 17.4. The average molecular weight is 279 g/mol. The number of rotatable bonds is 7. The van der Waals surface area contributed by atoms with Gasteiger partial charge in [-0.3, -0.25) is 14.4 Å². The first-order chi connectivity index (χ1) is 9.61. The number of hydroxylamine groups is 2. The zero-order valence-electron chi connectivity index (χ0n) is 11.0. The number of nitrogens with zero attached hydrogens (tertiary/aromatic N) is 1. The summed E-state index contributed by atoms with van der Waals surface area (Å²) < 4.78 is 0. The average Bonchev–Trinajstić information content (AvgIpc) is 2.67. The van der Waals surface area contributed by atoms with Gasteiger partial charge < -0.3 is 10.2 Å². The number of hydrogen-bond donors (Lipinski definition) is 2. The van der Waals surface area contributed by atoms with Crippen molar-refractivity contribution in [1.29, 1.82) is 0 Å². The minimum atomic E-state index is -1.07. The Hall–Kier alpha value is -1.92. The van der Waals surface area contributed by atoms with E-state index < -0.39 is 12.2 Å². The van der Waals surface area contributed by atoms with E-state index >= 15 is 0 Å². The van der Waals surface area contributed by atoms with Crippen molar-refractivity contribution in [1.82, 2.24) is 5.06 Å². The Morgan fingerprint density at radius 3 is 2.70 bits per heavy atom. The molecule has 0 fully saturated rings. The Balaban J connectivity index is 1.78. The van der Waals surface area contributed by atoms with E-state index in [-0.39, 0.29) is 18.9 Å². The Labute approximate surface area is 116 Å². The highest BCUT2D eigenvalue weighted by Crippen LogP contribution is 2.31. The molecule has 1 unspecified atom stereocenters. The van der Waals surface area contributed by atoms with Crippen LogP contribution in [0.4, 0.5) is 0 Å². The predicted molar refractivity (Wildman–Crippen MR) is 69.6 cm³/mol. The molecule has 20 heavy (non-hydrogen) atoms. The second-order valence-electron chi connectivity index (χ2n) is 4.63. The summed E-state index contributed by atoms with van der Waals surface area (Å²) in [5, 5.41) is 19.5. The zero-order valence-corrected chi connectivity index (χ0v) is 11.0. The molecule has 6 heteroatoms. The number of fused-ring (bicyclic) bond motifs is 1. The fraction of sp³-hybridized carbons (Fsp3) is 0.429. The van der Waals surface area contributed by atoms with Gasteiger partial charge in [-0.2, -0.15) is 5.06 Å². The van der Waals surface area contributed by atoms with E-state index in [0.29, 0.717) is 30.4 Å². The van der Waals surface area contributed by atoms with Gasteiger partial charge in [0.25, 0.3) is 5.91 Å². The predicted octanol–water partition coefficient (Wildman–Crippen LogP) is 1.71. The van der Waals surface area contributed by atoms with Crippen LogP contribution in [0.15, 0.2) is 24.3 Å². The molecule has 0 saturated heterocycles. The number of aliphatic hydroxyl groups excluding tert-OH is 1. The summed E-state index contributed by atoms with van der Waals surface area (Å²) in [6.07, 6.45) is 0.988. The third-order valence-electron chi connectivity index (χ3n) is 3.16. The maximum absolute atomic E-state index is 12.0. The molecule has 1 aliphatic rings. The van der Waals surface area contributed by atoms with Gasteiger partial charge in [-0.25, -0.2) is 0 Å². The van der Waals surface area contributed by atoms with Crippen LogP contribution < -0.4 is 0 Å². The van der Waals surface area contributed by atoms with Gasteiger partial charge in [0.05, 0.1) is 6.61 Å². The third kappa shape index (κ3) is 3.15. The van der Waals surface area contributed by atoms with Gasteiger partial charge in [-0.05, 0) is 18.9 Å². The van der Waals surface area contributed by atoms with Crippen molar-refractivity contribution < 1.29 is 24.6 Å². The first-order valence-corrected chi connectivity index (χ1v) is 6.56. The van der Waals surface area contributed by atoms with Crippen molar-refractivity contribution in [2.75, 3.05) is 6.61 Å². The highest BCUT2D eigenvalue weighted by molar-refractivity contribution is 5.98. The van der Waals surface area contributed by atoms with E-state index in [1.54, 1.807) is 24.3 Å². The van der Waals surface area contributed by atoms with E-state index in [1.807, 2.05) is 0 Å². The molecule has 1 atom stereocenters. The Morgan fingerprint density at radius 2 is 2.00 bits per heavy atom. The molecular formula is C14H17NO5. The highest BCUT2D eigenvalue weighted by Gasteiger charge is 2.36. The number of carbonyl (C=O) groups excluding carboxylic acids is 1. The first kappa shape index (κ1) is 14.5. The fourth-order valence-electron chi connectivity index (χ4n) is 2.12. The summed E-state index contributed by atoms with van der Waals surface area (Å²) >= 11 is 0. The van der Waals surface area contributed by atoms with Crippen LogP contribution in [0, 0.1) is 0 Å². The number of amides is 1. The maximum Gasteiger partial charge on any atom is 0.303 e. The molecule has 108 valence electrons. The molecule has 0 bridgehead atoms. The molecule has 0 aromatic heterocycles. The second kappa shape index (κ2) is 6.49. The van der Waals surface area contributed by atoms with Crippen LogP contribution in [-0.4, -0.2) is 33.8 Å². The molecule has 1 aromatic rings. The van der Waals surface area contributed by atoms with Gasteiger partial charge in [0.2, 0.25) is 0 Å². The van der Waals surface area contributed by atoms with Crippen LogP contribution >= 0.6 is 0 Å². The molecule has 2 rings (SSSR count). The molecule has 0 saturated carbocycles. The number of aliphatic hydroxyl groups is 1. The van der Waals surface area contributed by atoms with Crippen molar-refractivity contribution in [2.45, 2.75) is 31.9 Å². The number of carboxylic acids is 1. The lowest BCUT2D eigenvalue weighted by molar-refractivity contribution is -0.199. The highest BCUT2D eigenvalue weighted by atomic mass is 16.7. The van der Waals surface area contributed by atoms with E-state index in [0.717, 1.165) is 5.06 Å². The largest absolute Gasteiger partial charge is 0.481 e. The Morgan fingerprint density at radius 1 is 1.25 bits per heavy atom. The standard InChI is InChI=1S/C14H17NO5/c16-12(17)8-2-1-5-9-20-15-13(18)10-6-3-4-7-11(10)14(15)19/h3-4,6-7,13,18H,1-2,5,8-9H2,(H,16,17). The number of aliphatic carboxylic acids is 1. The summed E-state index contributed by atoms with van der Waals surface area (Å²) in [5.74, 6) is -1.16. The lowest BCUT2D eigenvalue weighted by Gasteiger charge is -2.19. The molecule has 0 spiro atoms. The molecule has 1 aliphatic heterocycles. The van der Waals surface area contributed by atoms with Crippen LogP contribution in [0.1, 0.15) is 47.8 Å². The number of hydrogen-bond acceptors (Lipinski definition) is 4. The smallest absolute Gasteiger partial charge is 0.303 e. The first-order valence-electron chi connectivity index (χ1n) is 6.56. The van der Waals surface area contributed by atoms with Gasteiger partial charge in [0.15, 0.2) is 6.23 Å². The fourth-order valence-corrected chi connectivity index (χ4v) is 2.12. The number of carbonyl (C=O) groups is 2. The summed E-state index contributed by atoms with van der Waals surface area (Å²) in [6.45, 7) is 0.274. The van der Waals surface area contributed by atoms with Crippen molar-refractivity contribution in [3.8, 4) is 0 Å². The zero-order chi connectivity index (χ0) is 14.5. The molecule has 6 nitrogen and oxygen atoms in total. The minimum absolute atomic E-state index is 0.136. The van der Waals surface area contributed by atoms with Crippen LogP contribution in [0.25, 0.3) is 0 Å². The molecule has 1 aromatic carbocycles. The van der Waals surface area contributed by atoms with Gasteiger partial charge in [0, 0.05) is 17.5 Å². The van der Waals surface area contributed by atoms with Crippen molar-refractivity contribution in [3.63, 3.8) is 0 Å². The van der Waals surface area contributed by atoms with E-state index in [1.165, 1.54) is 0 Å². The summed E-state index contributed by atoms with van der Waals surface area (Å²) in [5.41, 5.74) is 0.995. The Kier molecular flexibility index (Phi) is 4.70. The second-order valence-corrected chi connectivity index (χ2v) is 4.63. The van der Waals surface area contributed by atoms with Crippen molar-refractivity contribution in [3.05, 3.63) is 35.4 Å². The number of carboxylic acid groups (broad SMARTS) is 1. The SMILES string of the molecule is O=C(O)CCCCCON1C(=O)c2ccccc2C1O. The van der Waals surface area contributed by atoms with E-state index in [2.05, 4.69) is 0 Å². The van der Waals surface area contributed by atoms with Gasteiger partial charge in [-0.15, -0.1) is 0 Å². The molecule has 1 heterocycles. The summed E-state index contributed by atoms with van der Waals surface area (Å²) in [6, 6.07) is 6.83. The summed E-state index contributed by atoms with van der Waals surface area (Å²) in [4.78, 5) is 27.6. The molecular weight excluding hydrogens is 262 g/mol. The van der Waals surface area contributed by atoms with Gasteiger partial charge >= 0.3 is 5.97 Å². The third-order valence-corrected chi connectivity index (χ3v) is 3.16. The van der Waals surface area contributed by atoms with E-state index in [4.69, 9.17) is 9.94 Å². The van der Waals surface area contributed by atoms with Gasteiger partial charge in [-0.1, -0.05) is 24.6 Å². The van der Waals surface area contributed by atoms with Gasteiger partial charge in [0.1, 0.15) is 0 Å². The van der Waals surface area contributed by atoms with Crippen LogP contribution in [0.3, 0.4) is 0 Å². The molecule has 0 aliphatic carbocycles. The number of unbranched alkanes of at least 4 members (excludes halogenated alkanes) is 2. The lowest BCUT2D eigenvalue weighted by Crippen LogP contribution is -2.28. The maximum atomic E-state index is 12.0. The summed E-state index contributed by atoms with van der Waals surface area (Å²) in [7, 11) is 0. The van der Waals surface area contributed by atoms with Crippen LogP contribution in [0.5, 0.6) is 0 Å². The molecule has 0 radical (unpaired) electrons. The molecule has 1 amide bonds. The minimum Gasteiger partial charge on any atom is -0.481 e.